The summed E-state index contributed by atoms with van der Waals surface area (Å²) >= 11 is 6.03. The zero-order valence-corrected chi connectivity index (χ0v) is 12.0. The van der Waals surface area contributed by atoms with E-state index in [0.717, 1.165) is 13.0 Å². The van der Waals surface area contributed by atoms with Crippen molar-refractivity contribution in [3.8, 4) is 0 Å². The average Bonchev–Trinajstić information content (AvgIpc) is 2.34. The number of carbonyl (C=O) groups excluding carboxylic acids is 1. The highest BCUT2D eigenvalue weighted by atomic mass is 35.5. The van der Waals surface area contributed by atoms with E-state index >= 15 is 0 Å². The Bertz CT molecular complexity index is 426. The molecule has 0 heterocycles. The first-order valence-electron chi connectivity index (χ1n) is 6.38. The lowest BCUT2D eigenvalue weighted by atomic mass is 10.2. The van der Waals surface area contributed by atoms with E-state index in [1.54, 1.807) is 6.92 Å². The number of halogens is 2. The summed E-state index contributed by atoms with van der Waals surface area (Å²) in [5, 5.41) is 0.506. The van der Waals surface area contributed by atoms with Crippen molar-refractivity contribution in [1.82, 2.24) is 4.90 Å². The van der Waals surface area contributed by atoms with Crippen molar-refractivity contribution in [2.45, 2.75) is 26.8 Å². The molecule has 5 heteroatoms. The molecule has 1 rings (SSSR count). The second-order valence-electron chi connectivity index (χ2n) is 4.25. The molecule has 0 aliphatic heterocycles. The molecule has 0 aromatic heterocycles. The molecule has 0 unspecified atom stereocenters. The van der Waals surface area contributed by atoms with Gasteiger partial charge < -0.3 is 4.74 Å². The van der Waals surface area contributed by atoms with Crippen LogP contribution in [0, 0.1) is 5.82 Å². The summed E-state index contributed by atoms with van der Waals surface area (Å²) in [6.45, 7) is 5.50. The van der Waals surface area contributed by atoms with Gasteiger partial charge in [0.15, 0.2) is 0 Å². The highest BCUT2D eigenvalue weighted by Crippen LogP contribution is 2.19. The van der Waals surface area contributed by atoms with Gasteiger partial charge in [-0.2, -0.15) is 0 Å². The Balaban J connectivity index is 2.71. The topological polar surface area (TPSA) is 29.5 Å². The van der Waals surface area contributed by atoms with Gasteiger partial charge in [0.2, 0.25) is 0 Å². The summed E-state index contributed by atoms with van der Waals surface area (Å²) in [5.41, 5.74) is 0.680. The van der Waals surface area contributed by atoms with Crippen LogP contribution < -0.4 is 0 Å². The Morgan fingerprint density at radius 1 is 1.42 bits per heavy atom. The molecule has 0 aliphatic rings. The molecule has 0 radical (unpaired) electrons. The monoisotopic (exact) mass is 287 g/mol. The fraction of sp³-hybridized carbons (Fsp3) is 0.500. The summed E-state index contributed by atoms with van der Waals surface area (Å²) in [6.07, 6.45) is 0.895. The molecule has 106 valence electrons. The predicted octanol–water partition coefficient (Wildman–Crippen LogP) is 3.25. The van der Waals surface area contributed by atoms with E-state index in [2.05, 4.69) is 0 Å². The molecule has 0 amide bonds. The maximum absolute atomic E-state index is 13.2. The molecule has 0 spiro atoms. The van der Waals surface area contributed by atoms with Gasteiger partial charge in [-0.05, 0) is 43.7 Å². The first-order chi connectivity index (χ1) is 9.06. The van der Waals surface area contributed by atoms with E-state index in [9.17, 15) is 9.18 Å². The number of hydrogen-bond donors (Lipinski definition) is 0. The van der Waals surface area contributed by atoms with E-state index in [4.69, 9.17) is 16.3 Å². The van der Waals surface area contributed by atoms with Crippen LogP contribution in [0.25, 0.3) is 0 Å². The number of esters is 1. The zero-order chi connectivity index (χ0) is 14.3. The van der Waals surface area contributed by atoms with Crippen LogP contribution in [0.5, 0.6) is 0 Å². The molecule has 0 fully saturated rings. The predicted molar refractivity (Wildman–Crippen MR) is 73.6 cm³/mol. The Labute approximate surface area is 118 Å². The van der Waals surface area contributed by atoms with Crippen molar-refractivity contribution >= 4 is 17.6 Å². The van der Waals surface area contributed by atoms with Gasteiger partial charge >= 0.3 is 5.97 Å². The molecule has 3 nitrogen and oxygen atoms in total. The Morgan fingerprint density at radius 2 is 2.16 bits per heavy atom. The van der Waals surface area contributed by atoms with Crippen LogP contribution in [-0.4, -0.2) is 30.6 Å². The van der Waals surface area contributed by atoms with Crippen LogP contribution in [-0.2, 0) is 16.1 Å². The van der Waals surface area contributed by atoms with Crippen molar-refractivity contribution < 1.29 is 13.9 Å². The SMILES string of the molecule is CCCN(CC(=O)OCC)Cc1cc(F)ccc1Cl. The molecule has 1 aromatic carbocycles. The molecule has 0 bridgehead atoms. The number of rotatable bonds is 7. The van der Waals surface area contributed by atoms with Gasteiger partial charge in [0.05, 0.1) is 13.2 Å². The van der Waals surface area contributed by atoms with Crippen molar-refractivity contribution in [3.05, 3.63) is 34.6 Å². The minimum Gasteiger partial charge on any atom is -0.465 e. The smallest absolute Gasteiger partial charge is 0.320 e. The summed E-state index contributed by atoms with van der Waals surface area (Å²) in [6, 6.07) is 4.25. The van der Waals surface area contributed by atoms with E-state index in [1.807, 2.05) is 11.8 Å². The summed E-state index contributed by atoms with van der Waals surface area (Å²) in [7, 11) is 0. The Morgan fingerprint density at radius 3 is 2.79 bits per heavy atom. The van der Waals surface area contributed by atoms with Crippen LogP contribution >= 0.6 is 11.6 Å². The lowest BCUT2D eigenvalue weighted by Gasteiger charge is -2.21. The van der Waals surface area contributed by atoms with Gasteiger partial charge in [0, 0.05) is 11.6 Å². The van der Waals surface area contributed by atoms with Crippen LogP contribution in [0.3, 0.4) is 0 Å². The third-order valence-electron chi connectivity index (χ3n) is 2.60. The number of nitrogens with zero attached hydrogens (tertiary/aromatic N) is 1. The maximum Gasteiger partial charge on any atom is 0.320 e. The van der Waals surface area contributed by atoms with E-state index < -0.39 is 0 Å². The van der Waals surface area contributed by atoms with Crippen molar-refractivity contribution in [1.29, 1.82) is 0 Å². The minimum atomic E-state index is -0.327. The highest BCUT2D eigenvalue weighted by Gasteiger charge is 2.13. The van der Waals surface area contributed by atoms with Gasteiger partial charge in [-0.15, -0.1) is 0 Å². The zero-order valence-electron chi connectivity index (χ0n) is 11.3. The fourth-order valence-corrected chi connectivity index (χ4v) is 2.00. The number of carbonyl (C=O) groups is 1. The average molecular weight is 288 g/mol. The van der Waals surface area contributed by atoms with Crippen LogP contribution in [0.15, 0.2) is 18.2 Å². The van der Waals surface area contributed by atoms with Crippen LogP contribution in [0.2, 0.25) is 5.02 Å². The van der Waals surface area contributed by atoms with Crippen molar-refractivity contribution in [3.63, 3.8) is 0 Å². The third kappa shape index (κ3) is 5.57. The molecule has 0 saturated heterocycles. The molecule has 1 aromatic rings. The Hall–Kier alpha value is -1.13. The number of hydrogen-bond acceptors (Lipinski definition) is 3. The molecule has 0 N–H and O–H groups in total. The second kappa shape index (κ2) is 8.12. The van der Waals surface area contributed by atoms with E-state index in [1.165, 1.54) is 18.2 Å². The maximum atomic E-state index is 13.2. The molecular weight excluding hydrogens is 269 g/mol. The van der Waals surface area contributed by atoms with E-state index in [0.29, 0.717) is 23.7 Å². The molecule has 0 aliphatic carbocycles. The van der Waals surface area contributed by atoms with Gasteiger partial charge in [0.1, 0.15) is 5.82 Å². The highest BCUT2D eigenvalue weighted by molar-refractivity contribution is 6.31. The van der Waals surface area contributed by atoms with Crippen molar-refractivity contribution in [2.75, 3.05) is 19.7 Å². The van der Waals surface area contributed by atoms with Gasteiger partial charge in [-0.1, -0.05) is 18.5 Å². The van der Waals surface area contributed by atoms with Gasteiger partial charge in [-0.25, -0.2) is 4.39 Å². The summed E-state index contributed by atoms with van der Waals surface area (Å²) < 4.78 is 18.1. The summed E-state index contributed by atoms with van der Waals surface area (Å²) in [5.74, 6) is -0.601. The second-order valence-corrected chi connectivity index (χ2v) is 4.66. The molecule has 0 saturated carbocycles. The standard InChI is InChI=1S/C14H19ClFNO2/c1-3-7-17(10-14(18)19-4-2)9-11-8-12(16)5-6-13(11)15/h5-6,8H,3-4,7,9-10H2,1-2H3. The number of ether oxygens (including phenoxy) is 1. The largest absolute Gasteiger partial charge is 0.465 e. The normalized spacial score (nSPS) is 10.8. The molecule has 0 atom stereocenters. The lowest BCUT2D eigenvalue weighted by molar-refractivity contribution is -0.144. The first-order valence-corrected chi connectivity index (χ1v) is 6.76. The quantitative estimate of drug-likeness (QED) is 0.721. The fourth-order valence-electron chi connectivity index (χ4n) is 1.82. The van der Waals surface area contributed by atoms with E-state index in [-0.39, 0.29) is 18.3 Å². The van der Waals surface area contributed by atoms with Gasteiger partial charge in [-0.3, -0.25) is 9.69 Å². The molecule has 19 heavy (non-hydrogen) atoms. The lowest BCUT2D eigenvalue weighted by Crippen LogP contribution is -2.31. The van der Waals surface area contributed by atoms with Crippen molar-refractivity contribution in [2.24, 2.45) is 0 Å². The first kappa shape index (κ1) is 15.9. The number of benzene rings is 1. The van der Waals surface area contributed by atoms with Crippen LogP contribution in [0.4, 0.5) is 4.39 Å². The summed E-state index contributed by atoms with van der Waals surface area (Å²) in [4.78, 5) is 13.4. The third-order valence-corrected chi connectivity index (χ3v) is 2.97. The van der Waals surface area contributed by atoms with Crippen LogP contribution in [0.1, 0.15) is 25.8 Å². The minimum absolute atomic E-state index is 0.189. The Kier molecular flexibility index (Phi) is 6.81. The van der Waals surface area contributed by atoms with Gasteiger partial charge in [0.25, 0.3) is 0 Å². The molecular formula is C14H19ClFNO2.